The van der Waals surface area contributed by atoms with Crippen LogP contribution in [0.5, 0.6) is 0 Å². The van der Waals surface area contributed by atoms with E-state index in [0.717, 1.165) is 88.1 Å². The number of thiophene rings is 1. The molecule has 0 radical (unpaired) electrons. The molecule has 0 spiro atoms. The van der Waals surface area contributed by atoms with Crippen molar-refractivity contribution in [2.45, 2.75) is 88.5 Å². The lowest BCUT2D eigenvalue weighted by atomic mass is 9.93. The van der Waals surface area contributed by atoms with Crippen LogP contribution in [0.4, 0.5) is 13.2 Å². The van der Waals surface area contributed by atoms with E-state index in [9.17, 15) is 22.8 Å². The first-order valence-electron chi connectivity index (χ1n) is 17.9. The molecule has 9 nitrogen and oxygen atoms in total. The topological polar surface area (TPSA) is 111 Å². The summed E-state index contributed by atoms with van der Waals surface area (Å²) in [6.45, 7) is 9.28. The zero-order valence-electron chi connectivity index (χ0n) is 29.2. The lowest BCUT2D eigenvalue weighted by Crippen LogP contribution is -2.59. The smallest absolute Gasteiger partial charge is 0.475 e. The molecule has 278 valence electrons. The fourth-order valence-corrected chi connectivity index (χ4v) is 8.43. The van der Waals surface area contributed by atoms with Crippen LogP contribution in [0.1, 0.15) is 72.2 Å². The molecule has 2 aliphatic heterocycles. The number of aliphatic carboxylic acids is 1. The van der Waals surface area contributed by atoms with E-state index in [-0.39, 0.29) is 17.9 Å². The molecule has 2 saturated heterocycles. The molecule has 1 saturated carbocycles. The standard InChI is InChI=1S/C36H48N4O3S.C2HF3O2/c1-27-11-12-29-26-33(44-32(29)24-27)34(41)38-36(15-5-6-16-36)35(42)37-30(25-28-8-3-2-4-9-28)10-7-17-39-18-13-31(14-19-39)40-20-22-43-23-21-40;3-2(4,5)1(6)7/h2-4,8-9,11-12,24,26,30-31H,5-7,10,13-23,25H2,1H3,(H,37,42)(H,38,41);(H,6,7)/t30-;/m0./s1. The first-order chi connectivity index (χ1) is 24.4. The first-order valence-corrected chi connectivity index (χ1v) is 18.8. The molecule has 2 amide bonds. The van der Waals surface area contributed by atoms with Crippen molar-refractivity contribution in [3.8, 4) is 0 Å². The normalized spacial score (nSPS) is 19.2. The van der Waals surface area contributed by atoms with Crippen LogP contribution in [0.2, 0.25) is 0 Å². The highest BCUT2D eigenvalue weighted by Crippen LogP contribution is 2.33. The van der Waals surface area contributed by atoms with Crippen molar-refractivity contribution < 1.29 is 37.4 Å². The van der Waals surface area contributed by atoms with Gasteiger partial charge in [0, 0.05) is 29.9 Å². The van der Waals surface area contributed by atoms with Crippen LogP contribution in [0.15, 0.2) is 54.6 Å². The van der Waals surface area contributed by atoms with Crippen molar-refractivity contribution in [3.63, 3.8) is 0 Å². The van der Waals surface area contributed by atoms with Crippen LogP contribution in [-0.2, 0) is 20.7 Å². The maximum Gasteiger partial charge on any atom is 0.490 e. The van der Waals surface area contributed by atoms with Crippen LogP contribution >= 0.6 is 11.3 Å². The summed E-state index contributed by atoms with van der Waals surface area (Å²) in [4.78, 5) is 42.4. The summed E-state index contributed by atoms with van der Waals surface area (Å²) in [5.41, 5.74) is 1.56. The number of amides is 2. The number of fused-ring (bicyclic) bond motifs is 1. The number of carbonyl (C=O) groups is 3. The highest BCUT2D eigenvalue weighted by Gasteiger charge is 2.43. The molecule has 3 N–H and O–H groups in total. The minimum Gasteiger partial charge on any atom is -0.475 e. The second kappa shape index (κ2) is 17.8. The SMILES string of the molecule is Cc1ccc2cc(C(=O)NC3(C(=O)N[C@@H](CCCN4CCC(N5CCOCC5)CC4)Cc4ccccc4)CCCC3)sc2c1.O=C(O)C(F)(F)F. The van der Waals surface area contributed by atoms with Gasteiger partial charge in [-0.3, -0.25) is 14.5 Å². The number of carboxylic acids is 1. The molecule has 1 atom stereocenters. The summed E-state index contributed by atoms with van der Waals surface area (Å²) in [7, 11) is 0. The van der Waals surface area contributed by atoms with Gasteiger partial charge in [-0.2, -0.15) is 13.2 Å². The summed E-state index contributed by atoms with van der Waals surface area (Å²) in [6.07, 6.45) is 3.40. The van der Waals surface area contributed by atoms with E-state index in [2.05, 4.69) is 69.8 Å². The minimum atomic E-state index is -5.08. The quantitative estimate of drug-likeness (QED) is 0.216. The molecule has 0 unspecified atom stereocenters. The fraction of sp³-hybridized carbons (Fsp3) is 0.553. The van der Waals surface area contributed by atoms with Crippen LogP contribution in [0.3, 0.4) is 0 Å². The molecule has 2 aromatic carbocycles. The molecular formula is C38H49F3N4O5S. The number of halogens is 3. The number of carbonyl (C=O) groups excluding carboxylic acids is 2. The van der Waals surface area contributed by atoms with E-state index in [4.69, 9.17) is 14.6 Å². The number of ether oxygens (including phenoxy) is 1. The monoisotopic (exact) mass is 730 g/mol. The van der Waals surface area contributed by atoms with Gasteiger partial charge < -0.3 is 25.4 Å². The molecule has 3 aromatic rings. The average molecular weight is 731 g/mol. The Morgan fingerprint density at radius 3 is 2.31 bits per heavy atom. The van der Waals surface area contributed by atoms with Gasteiger partial charge in [0.2, 0.25) is 5.91 Å². The van der Waals surface area contributed by atoms with Crippen molar-refractivity contribution >= 4 is 39.2 Å². The summed E-state index contributed by atoms with van der Waals surface area (Å²) in [6, 6.07) is 19.4. The summed E-state index contributed by atoms with van der Waals surface area (Å²) in [5, 5.41) is 14.9. The van der Waals surface area contributed by atoms with Crippen LogP contribution in [0, 0.1) is 6.92 Å². The maximum absolute atomic E-state index is 14.1. The molecule has 6 rings (SSSR count). The number of likely N-dealkylation sites (tertiary alicyclic amines) is 1. The highest BCUT2D eigenvalue weighted by atomic mass is 32.1. The number of aryl methyl sites for hydroxylation is 1. The third-order valence-corrected chi connectivity index (χ3v) is 11.3. The molecule has 1 aliphatic carbocycles. The van der Waals surface area contributed by atoms with Gasteiger partial charge in [0.25, 0.3) is 5.91 Å². The van der Waals surface area contributed by atoms with Crippen LogP contribution < -0.4 is 10.6 Å². The van der Waals surface area contributed by atoms with Crippen LogP contribution in [-0.4, -0.2) is 102 Å². The zero-order chi connectivity index (χ0) is 36.4. The largest absolute Gasteiger partial charge is 0.490 e. The van der Waals surface area contributed by atoms with Crippen molar-refractivity contribution in [3.05, 3.63) is 70.6 Å². The zero-order valence-corrected chi connectivity index (χ0v) is 30.0. The number of rotatable bonds is 11. The number of carboxylic acid groups (broad SMARTS) is 1. The third kappa shape index (κ3) is 11.0. The molecule has 3 aliphatic rings. The van der Waals surface area contributed by atoms with Gasteiger partial charge >= 0.3 is 12.1 Å². The Balaban J connectivity index is 0.000000654. The summed E-state index contributed by atoms with van der Waals surface area (Å²) in [5.74, 6) is -2.92. The summed E-state index contributed by atoms with van der Waals surface area (Å²) >= 11 is 1.51. The van der Waals surface area contributed by atoms with Crippen molar-refractivity contribution in [1.82, 2.24) is 20.4 Å². The number of nitrogens with zero attached hydrogens (tertiary/aromatic N) is 2. The Morgan fingerprint density at radius 1 is 1.00 bits per heavy atom. The molecule has 0 bridgehead atoms. The Bertz CT molecular complexity index is 1600. The second-order valence-electron chi connectivity index (χ2n) is 13.9. The van der Waals surface area contributed by atoms with Gasteiger partial charge in [-0.15, -0.1) is 11.3 Å². The molecule has 51 heavy (non-hydrogen) atoms. The number of hydrogen-bond acceptors (Lipinski definition) is 7. The fourth-order valence-electron chi connectivity index (χ4n) is 7.38. The number of piperidine rings is 1. The number of morpholine rings is 1. The molecular weight excluding hydrogens is 682 g/mol. The first kappa shape index (κ1) is 38.7. The van der Waals surface area contributed by atoms with Gasteiger partial charge in [0.05, 0.1) is 18.1 Å². The Labute approximate surface area is 301 Å². The number of alkyl halides is 3. The van der Waals surface area contributed by atoms with E-state index in [1.165, 1.54) is 35.3 Å². The van der Waals surface area contributed by atoms with E-state index in [0.29, 0.717) is 23.8 Å². The lowest BCUT2D eigenvalue weighted by molar-refractivity contribution is -0.192. The second-order valence-corrected chi connectivity index (χ2v) is 15.0. The van der Waals surface area contributed by atoms with Crippen LogP contribution in [0.25, 0.3) is 10.1 Å². The van der Waals surface area contributed by atoms with Crippen molar-refractivity contribution in [2.24, 2.45) is 0 Å². The highest BCUT2D eigenvalue weighted by molar-refractivity contribution is 7.20. The predicted octanol–water partition coefficient (Wildman–Crippen LogP) is 6.19. The van der Waals surface area contributed by atoms with Gasteiger partial charge in [-0.25, -0.2) is 4.79 Å². The van der Waals surface area contributed by atoms with E-state index >= 15 is 0 Å². The number of nitrogens with one attached hydrogen (secondary N) is 2. The predicted molar refractivity (Wildman–Crippen MR) is 192 cm³/mol. The van der Waals surface area contributed by atoms with E-state index in [1.54, 1.807) is 0 Å². The Hall–Kier alpha value is -3.52. The van der Waals surface area contributed by atoms with Gasteiger partial charge in [0.15, 0.2) is 0 Å². The maximum atomic E-state index is 14.1. The molecule has 1 aromatic heterocycles. The average Bonchev–Trinajstić information content (AvgIpc) is 3.77. The van der Waals surface area contributed by atoms with E-state index in [1.807, 2.05) is 12.1 Å². The lowest BCUT2D eigenvalue weighted by Gasteiger charge is -2.40. The Morgan fingerprint density at radius 2 is 1.67 bits per heavy atom. The van der Waals surface area contributed by atoms with Crippen molar-refractivity contribution in [2.75, 3.05) is 45.9 Å². The van der Waals surface area contributed by atoms with Crippen molar-refractivity contribution in [1.29, 1.82) is 0 Å². The number of benzene rings is 2. The van der Waals surface area contributed by atoms with Gasteiger partial charge in [0.1, 0.15) is 5.54 Å². The van der Waals surface area contributed by atoms with Gasteiger partial charge in [-0.1, -0.05) is 55.3 Å². The minimum absolute atomic E-state index is 0.0208. The summed E-state index contributed by atoms with van der Waals surface area (Å²) < 4.78 is 38.4. The molecule has 3 heterocycles. The van der Waals surface area contributed by atoms with E-state index < -0.39 is 17.7 Å². The third-order valence-electron chi connectivity index (χ3n) is 10.2. The molecule has 3 fully saturated rings. The molecule has 13 heteroatoms. The Kier molecular flexibility index (Phi) is 13.5. The number of hydrogen-bond donors (Lipinski definition) is 3. The van der Waals surface area contributed by atoms with Gasteiger partial charge in [-0.05, 0) is 100 Å².